The van der Waals surface area contributed by atoms with Crippen LogP contribution >= 0.6 is 0 Å². The number of amides is 1. The molecule has 6 aromatic carbocycles. The maximum absolute atomic E-state index is 14.9. The second kappa shape index (κ2) is 11.2. The molecule has 0 bridgehead atoms. The standard InChI is InChI=1S/C42H28N4O2/c47-41-34-18-10-20-38(45-36-19-8-7-15-33(36)35-23-29(21-22-37(35)45)30-24-43-26-44-25-30)39(34)42(48)46(41)40-31(27-11-3-1-4-12-27)16-9-17-32(40)28-13-5-2-6-14-28/h1-26,41,47H. The van der Waals surface area contributed by atoms with E-state index in [-0.39, 0.29) is 5.91 Å². The van der Waals surface area contributed by atoms with Crippen molar-refractivity contribution in [1.82, 2.24) is 14.5 Å². The Morgan fingerprint density at radius 2 is 1.19 bits per heavy atom. The average molecular weight is 621 g/mol. The maximum Gasteiger partial charge on any atom is 0.263 e. The average Bonchev–Trinajstić information content (AvgIpc) is 3.62. The third-order valence-corrected chi connectivity index (χ3v) is 9.28. The SMILES string of the molecule is O=C1c2c(cccc2-n2c3ccccc3c3cc(-c4cncnc4)ccc32)C(O)N1c1c(-c2ccccc2)cccc1-c1ccccc1. The van der Waals surface area contributed by atoms with Crippen LogP contribution in [0.2, 0.25) is 0 Å². The normalized spacial score (nSPS) is 14.1. The molecular weight excluding hydrogens is 592 g/mol. The van der Waals surface area contributed by atoms with E-state index in [0.717, 1.165) is 60.9 Å². The molecule has 0 fully saturated rings. The number of para-hydroxylation sites is 2. The molecule has 0 radical (unpaired) electrons. The second-order valence-electron chi connectivity index (χ2n) is 11.9. The first-order valence-corrected chi connectivity index (χ1v) is 15.9. The number of carbonyl (C=O) groups excluding carboxylic acids is 1. The fourth-order valence-corrected chi connectivity index (χ4v) is 7.15. The molecule has 48 heavy (non-hydrogen) atoms. The predicted octanol–water partition coefficient (Wildman–Crippen LogP) is 9.23. The van der Waals surface area contributed by atoms with Gasteiger partial charge >= 0.3 is 0 Å². The van der Waals surface area contributed by atoms with Crippen LogP contribution in [0.4, 0.5) is 5.69 Å². The molecule has 1 unspecified atom stereocenters. The summed E-state index contributed by atoms with van der Waals surface area (Å²) >= 11 is 0. The van der Waals surface area contributed by atoms with Crippen LogP contribution in [0.5, 0.6) is 0 Å². The Balaban J connectivity index is 1.26. The van der Waals surface area contributed by atoms with Gasteiger partial charge in [0.15, 0.2) is 6.23 Å². The van der Waals surface area contributed by atoms with E-state index in [2.05, 4.69) is 44.9 Å². The lowest BCUT2D eigenvalue weighted by Crippen LogP contribution is -2.29. The molecule has 6 nitrogen and oxygen atoms in total. The Morgan fingerprint density at radius 1 is 0.562 bits per heavy atom. The van der Waals surface area contributed by atoms with Gasteiger partial charge in [-0.25, -0.2) is 9.97 Å². The molecule has 1 aliphatic heterocycles. The molecule has 0 spiro atoms. The number of benzene rings is 6. The number of nitrogens with zero attached hydrogens (tertiary/aromatic N) is 4. The van der Waals surface area contributed by atoms with Crippen molar-refractivity contribution in [2.24, 2.45) is 0 Å². The number of anilines is 1. The van der Waals surface area contributed by atoms with Crippen LogP contribution in [0, 0.1) is 0 Å². The summed E-state index contributed by atoms with van der Waals surface area (Å²) in [4.78, 5) is 24.9. The largest absolute Gasteiger partial charge is 0.369 e. The Labute approximate surface area is 276 Å². The Kier molecular flexibility index (Phi) is 6.48. The molecule has 3 heterocycles. The van der Waals surface area contributed by atoms with E-state index in [9.17, 15) is 9.90 Å². The summed E-state index contributed by atoms with van der Waals surface area (Å²) in [5.41, 5.74) is 9.97. The van der Waals surface area contributed by atoms with Gasteiger partial charge in [0.1, 0.15) is 6.33 Å². The fourth-order valence-electron chi connectivity index (χ4n) is 7.15. The highest BCUT2D eigenvalue weighted by Gasteiger charge is 2.41. The molecule has 1 aliphatic rings. The zero-order chi connectivity index (χ0) is 32.2. The highest BCUT2D eigenvalue weighted by Crippen LogP contribution is 2.48. The molecular formula is C42H28N4O2. The molecule has 0 aliphatic carbocycles. The van der Waals surface area contributed by atoms with Crippen molar-refractivity contribution in [3.05, 3.63) is 169 Å². The van der Waals surface area contributed by atoms with Gasteiger partial charge < -0.3 is 9.67 Å². The van der Waals surface area contributed by atoms with Gasteiger partial charge in [-0.05, 0) is 41.0 Å². The van der Waals surface area contributed by atoms with Crippen molar-refractivity contribution in [2.75, 3.05) is 4.90 Å². The van der Waals surface area contributed by atoms with Crippen LogP contribution in [0.3, 0.4) is 0 Å². The monoisotopic (exact) mass is 620 g/mol. The van der Waals surface area contributed by atoms with Crippen molar-refractivity contribution in [3.8, 4) is 39.1 Å². The Morgan fingerprint density at radius 3 is 1.90 bits per heavy atom. The molecule has 228 valence electrons. The second-order valence-corrected chi connectivity index (χ2v) is 11.9. The number of aromatic nitrogens is 3. The van der Waals surface area contributed by atoms with E-state index in [1.165, 1.54) is 6.33 Å². The van der Waals surface area contributed by atoms with Gasteiger partial charge in [-0.1, -0.05) is 115 Å². The van der Waals surface area contributed by atoms with Crippen LogP contribution in [0.1, 0.15) is 22.1 Å². The van der Waals surface area contributed by atoms with Crippen molar-refractivity contribution in [1.29, 1.82) is 0 Å². The lowest BCUT2D eigenvalue weighted by molar-refractivity contribution is 0.0936. The van der Waals surface area contributed by atoms with E-state index >= 15 is 0 Å². The van der Waals surface area contributed by atoms with E-state index in [1.54, 1.807) is 4.90 Å². The Hall–Kier alpha value is -6.37. The van der Waals surface area contributed by atoms with E-state index in [4.69, 9.17) is 0 Å². The van der Waals surface area contributed by atoms with Crippen LogP contribution in [0.15, 0.2) is 158 Å². The summed E-state index contributed by atoms with van der Waals surface area (Å²) in [5.74, 6) is -0.252. The Bertz CT molecular complexity index is 2430. The molecule has 0 saturated carbocycles. The third-order valence-electron chi connectivity index (χ3n) is 9.28. The minimum atomic E-state index is -1.18. The van der Waals surface area contributed by atoms with Gasteiger partial charge in [-0.2, -0.15) is 0 Å². The van der Waals surface area contributed by atoms with Gasteiger partial charge in [0.2, 0.25) is 0 Å². The first kappa shape index (κ1) is 27.9. The smallest absolute Gasteiger partial charge is 0.263 e. The van der Waals surface area contributed by atoms with E-state index < -0.39 is 6.23 Å². The number of aliphatic hydroxyl groups is 1. The van der Waals surface area contributed by atoms with Crippen LogP contribution < -0.4 is 4.90 Å². The van der Waals surface area contributed by atoms with Gasteiger partial charge in [0.25, 0.3) is 5.91 Å². The number of fused-ring (bicyclic) bond motifs is 4. The molecule has 6 heteroatoms. The topological polar surface area (TPSA) is 71.2 Å². The molecule has 0 saturated heterocycles. The fraction of sp³-hybridized carbons (Fsp3) is 0.0238. The van der Waals surface area contributed by atoms with Gasteiger partial charge in [-0.3, -0.25) is 9.69 Å². The van der Waals surface area contributed by atoms with E-state index in [1.807, 2.05) is 122 Å². The molecule has 8 aromatic rings. The van der Waals surface area contributed by atoms with Crippen molar-refractivity contribution in [3.63, 3.8) is 0 Å². The summed E-state index contributed by atoms with van der Waals surface area (Å²) in [6.07, 6.45) is 3.96. The lowest BCUT2D eigenvalue weighted by atomic mass is 9.95. The van der Waals surface area contributed by atoms with Crippen molar-refractivity contribution >= 4 is 33.4 Å². The van der Waals surface area contributed by atoms with Crippen LogP contribution in [-0.4, -0.2) is 25.5 Å². The summed E-state index contributed by atoms with van der Waals surface area (Å²) in [6, 6.07) is 46.4. The predicted molar refractivity (Wildman–Crippen MR) is 191 cm³/mol. The maximum atomic E-state index is 14.9. The molecule has 1 atom stereocenters. The zero-order valence-electron chi connectivity index (χ0n) is 25.7. The van der Waals surface area contributed by atoms with E-state index in [0.29, 0.717) is 16.8 Å². The quantitative estimate of drug-likeness (QED) is 0.208. The third kappa shape index (κ3) is 4.27. The minimum absolute atomic E-state index is 0.252. The van der Waals surface area contributed by atoms with Gasteiger partial charge in [0, 0.05) is 45.4 Å². The first-order valence-electron chi connectivity index (χ1n) is 15.9. The van der Waals surface area contributed by atoms with Crippen LogP contribution in [0.25, 0.3) is 60.9 Å². The summed E-state index contributed by atoms with van der Waals surface area (Å²) < 4.78 is 2.14. The van der Waals surface area contributed by atoms with Crippen LogP contribution in [-0.2, 0) is 0 Å². The summed E-state index contributed by atoms with van der Waals surface area (Å²) in [5, 5.41) is 14.2. The number of hydrogen-bond donors (Lipinski definition) is 1. The highest BCUT2D eigenvalue weighted by molar-refractivity contribution is 6.18. The summed E-state index contributed by atoms with van der Waals surface area (Å²) in [7, 11) is 0. The van der Waals surface area contributed by atoms with Gasteiger partial charge in [0.05, 0.1) is 28.0 Å². The number of hydrogen-bond acceptors (Lipinski definition) is 4. The number of carbonyl (C=O) groups is 1. The first-order chi connectivity index (χ1) is 23.7. The zero-order valence-corrected chi connectivity index (χ0v) is 25.7. The van der Waals surface area contributed by atoms with Gasteiger partial charge in [-0.15, -0.1) is 0 Å². The molecule has 1 amide bonds. The lowest BCUT2D eigenvalue weighted by Gasteiger charge is -2.27. The van der Waals surface area contributed by atoms with Crippen molar-refractivity contribution < 1.29 is 9.90 Å². The highest BCUT2D eigenvalue weighted by atomic mass is 16.3. The molecule has 1 N–H and O–H groups in total. The van der Waals surface area contributed by atoms with Crippen molar-refractivity contribution in [2.45, 2.75) is 6.23 Å². The molecule has 9 rings (SSSR count). The minimum Gasteiger partial charge on any atom is -0.369 e. The number of aliphatic hydroxyl groups excluding tert-OH is 1. The number of rotatable bonds is 5. The molecule has 2 aromatic heterocycles. The summed E-state index contributed by atoms with van der Waals surface area (Å²) in [6.45, 7) is 0.